The molecule has 0 amide bonds. The molecule has 18 heavy (non-hydrogen) atoms. The Morgan fingerprint density at radius 3 is 2.50 bits per heavy atom. The van der Waals surface area contributed by atoms with E-state index in [1.54, 1.807) is 7.11 Å². The highest BCUT2D eigenvalue weighted by molar-refractivity contribution is 5.37. The summed E-state index contributed by atoms with van der Waals surface area (Å²) in [6.07, 6.45) is 0.869. The molecular formula is C14H25N3O. The fourth-order valence-electron chi connectivity index (χ4n) is 1.58. The van der Waals surface area contributed by atoms with Crippen molar-refractivity contribution in [1.82, 2.24) is 9.97 Å². The van der Waals surface area contributed by atoms with Crippen molar-refractivity contribution in [2.45, 2.75) is 52.6 Å². The number of nitrogens with one attached hydrogen (secondary N) is 1. The van der Waals surface area contributed by atoms with E-state index in [1.165, 1.54) is 0 Å². The van der Waals surface area contributed by atoms with Gasteiger partial charge in [0.25, 0.3) is 0 Å². The molecule has 0 aliphatic heterocycles. The van der Waals surface area contributed by atoms with Crippen LogP contribution in [0.4, 0.5) is 5.82 Å². The lowest BCUT2D eigenvalue weighted by atomic mass is 9.92. The lowest BCUT2D eigenvalue weighted by Gasteiger charge is -2.20. The molecule has 0 aliphatic carbocycles. The van der Waals surface area contributed by atoms with Crippen molar-refractivity contribution in [1.29, 1.82) is 0 Å². The second kappa shape index (κ2) is 6.14. The first kappa shape index (κ1) is 14.9. The highest BCUT2D eigenvalue weighted by Gasteiger charge is 2.18. The maximum Gasteiger partial charge on any atom is 0.133 e. The van der Waals surface area contributed by atoms with Gasteiger partial charge in [-0.15, -0.1) is 0 Å². The van der Waals surface area contributed by atoms with Crippen molar-refractivity contribution >= 4 is 5.82 Å². The summed E-state index contributed by atoms with van der Waals surface area (Å²) in [5.41, 5.74) is 1.09. The van der Waals surface area contributed by atoms with Crippen LogP contribution in [0.1, 0.15) is 46.1 Å². The van der Waals surface area contributed by atoms with Crippen molar-refractivity contribution in [3.63, 3.8) is 0 Å². The molecule has 0 aromatic carbocycles. The largest absolute Gasteiger partial charge is 0.381 e. The van der Waals surface area contributed by atoms with Crippen LogP contribution in [-0.2, 0) is 16.6 Å². The van der Waals surface area contributed by atoms with Gasteiger partial charge in [-0.3, -0.25) is 0 Å². The molecule has 0 spiro atoms. The molecule has 0 saturated heterocycles. The predicted molar refractivity (Wildman–Crippen MR) is 75.1 cm³/mol. The molecule has 4 nitrogen and oxygen atoms in total. The zero-order chi connectivity index (χ0) is 13.8. The Morgan fingerprint density at radius 2 is 2.00 bits per heavy atom. The average molecular weight is 251 g/mol. The first-order valence-corrected chi connectivity index (χ1v) is 6.52. The summed E-state index contributed by atoms with van der Waals surface area (Å²) in [6, 6.07) is 2.03. The Balaban J connectivity index is 3.06. The van der Waals surface area contributed by atoms with Crippen LogP contribution in [-0.4, -0.2) is 29.7 Å². The van der Waals surface area contributed by atoms with Crippen LogP contribution in [0.5, 0.6) is 0 Å². The Bertz CT molecular complexity index is 385. The van der Waals surface area contributed by atoms with Crippen LogP contribution in [0.3, 0.4) is 0 Å². The monoisotopic (exact) mass is 251 g/mol. The summed E-state index contributed by atoms with van der Waals surface area (Å²) in [6.45, 7) is 11.4. The zero-order valence-electron chi connectivity index (χ0n) is 12.4. The molecule has 0 bridgehead atoms. The van der Waals surface area contributed by atoms with Gasteiger partial charge in [0.05, 0.1) is 11.8 Å². The third kappa shape index (κ3) is 4.26. The van der Waals surface area contributed by atoms with Gasteiger partial charge >= 0.3 is 0 Å². The number of hydrogen-bond acceptors (Lipinski definition) is 4. The summed E-state index contributed by atoms with van der Waals surface area (Å²) in [7, 11) is 1.71. The summed E-state index contributed by atoms with van der Waals surface area (Å²) in [5.74, 6) is 1.74. The number of hydrogen-bond donors (Lipinski definition) is 1. The molecule has 1 atom stereocenters. The highest BCUT2D eigenvalue weighted by Crippen LogP contribution is 2.22. The molecule has 0 aliphatic rings. The molecule has 1 rings (SSSR count). The molecule has 1 N–H and O–H groups in total. The summed E-state index contributed by atoms with van der Waals surface area (Å²) in [4.78, 5) is 9.17. The maximum absolute atomic E-state index is 5.28. The van der Waals surface area contributed by atoms with Crippen molar-refractivity contribution in [2.75, 3.05) is 19.0 Å². The minimum Gasteiger partial charge on any atom is -0.381 e. The van der Waals surface area contributed by atoms with Crippen molar-refractivity contribution < 1.29 is 4.74 Å². The molecule has 1 aromatic heterocycles. The molecule has 1 unspecified atom stereocenters. The molecule has 0 fully saturated rings. The molecular weight excluding hydrogens is 226 g/mol. The van der Waals surface area contributed by atoms with Crippen LogP contribution < -0.4 is 5.32 Å². The van der Waals surface area contributed by atoms with Crippen LogP contribution in [0.15, 0.2) is 6.07 Å². The first-order chi connectivity index (χ1) is 8.36. The van der Waals surface area contributed by atoms with E-state index < -0.39 is 0 Å². The molecule has 0 radical (unpaired) electrons. The minimum atomic E-state index is 0.0260. The van der Waals surface area contributed by atoms with Crippen molar-refractivity contribution in [3.8, 4) is 0 Å². The summed E-state index contributed by atoms with van der Waals surface area (Å²) in [5, 5.41) is 3.26. The fraction of sp³-hybridized carbons (Fsp3) is 0.714. The van der Waals surface area contributed by atoms with E-state index in [0.717, 1.165) is 30.3 Å². The van der Waals surface area contributed by atoms with E-state index in [4.69, 9.17) is 4.74 Å². The predicted octanol–water partition coefficient (Wildman–Crippen LogP) is 2.78. The Labute approximate surface area is 110 Å². The maximum atomic E-state index is 5.28. The molecule has 102 valence electrons. The van der Waals surface area contributed by atoms with E-state index in [1.807, 2.05) is 13.0 Å². The van der Waals surface area contributed by atoms with Gasteiger partial charge in [0.15, 0.2) is 0 Å². The van der Waals surface area contributed by atoms with E-state index in [9.17, 15) is 0 Å². The SMILES string of the molecule is CCNc1cc(C(C)(C)C)nc(CC(C)OC)n1. The van der Waals surface area contributed by atoms with Gasteiger partial charge in [0, 0.05) is 31.6 Å². The number of methoxy groups -OCH3 is 1. The van der Waals surface area contributed by atoms with Gasteiger partial charge in [-0.25, -0.2) is 9.97 Å². The van der Waals surface area contributed by atoms with Crippen LogP contribution in [0.2, 0.25) is 0 Å². The third-order valence-electron chi connectivity index (χ3n) is 2.77. The van der Waals surface area contributed by atoms with Gasteiger partial charge in [0.2, 0.25) is 0 Å². The summed E-state index contributed by atoms with van der Waals surface area (Å²) >= 11 is 0. The molecule has 0 saturated carbocycles. The number of aromatic nitrogens is 2. The minimum absolute atomic E-state index is 0.0260. The van der Waals surface area contributed by atoms with Crippen LogP contribution in [0, 0.1) is 0 Å². The first-order valence-electron chi connectivity index (χ1n) is 6.52. The number of nitrogens with zero attached hydrogens (tertiary/aromatic N) is 2. The topological polar surface area (TPSA) is 47.0 Å². The quantitative estimate of drug-likeness (QED) is 0.874. The number of rotatable bonds is 5. The van der Waals surface area contributed by atoms with Gasteiger partial charge in [0.1, 0.15) is 11.6 Å². The molecule has 1 aromatic rings. The fourth-order valence-corrected chi connectivity index (χ4v) is 1.58. The Kier molecular flexibility index (Phi) is 5.08. The average Bonchev–Trinajstić information content (AvgIpc) is 2.27. The smallest absolute Gasteiger partial charge is 0.133 e. The second-order valence-electron chi connectivity index (χ2n) is 5.59. The standard InChI is InChI=1S/C14H25N3O/c1-7-15-12-9-11(14(3,4)5)16-13(17-12)8-10(2)18-6/h9-10H,7-8H2,1-6H3,(H,15,16,17). The molecule has 1 heterocycles. The Morgan fingerprint density at radius 1 is 1.33 bits per heavy atom. The molecule has 4 heteroatoms. The zero-order valence-corrected chi connectivity index (χ0v) is 12.4. The lowest BCUT2D eigenvalue weighted by Crippen LogP contribution is -2.19. The van der Waals surface area contributed by atoms with Crippen LogP contribution in [0.25, 0.3) is 0 Å². The van der Waals surface area contributed by atoms with Gasteiger partial charge in [-0.2, -0.15) is 0 Å². The second-order valence-corrected chi connectivity index (χ2v) is 5.59. The van der Waals surface area contributed by atoms with E-state index in [-0.39, 0.29) is 11.5 Å². The van der Waals surface area contributed by atoms with Crippen molar-refractivity contribution in [2.24, 2.45) is 0 Å². The Hall–Kier alpha value is -1.16. The third-order valence-corrected chi connectivity index (χ3v) is 2.77. The highest BCUT2D eigenvalue weighted by atomic mass is 16.5. The number of anilines is 1. The van der Waals surface area contributed by atoms with Gasteiger partial charge in [-0.05, 0) is 13.8 Å². The number of ether oxygens (including phenoxy) is 1. The van der Waals surface area contributed by atoms with Crippen molar-refractivity contribution in [3.05, 3.63) is 17.6 Å². The van der Waals surface area contributed by atoms with E-state index in [0.29, 0.717) is 0 Å². The van der Waals surface area contributed by atoms with E-state index >= 15 is 0 Å². The van der Waals surface area contributed by atoms with Crippen LogP contribution >= 0.6 is 0 Å². The normalized spacial score (nSPS) is 13.4. The van der Waals surface area contributed by atoms with Gasteiger partial charge < -0.3 is 10.1 Å². The summed E-state index contributed by atoms with van der Waals surface area (Å²) < 4.78 is 5.28. The van der Waals surface area contributed by atoms with E-state index in [2.05, 4.69) is 43.0 Å². The lowest BCUT2D eigenvalue weighted by molar-refractivity contribution is 0.117. The van der Waals surface area contributed by atoms with Gasteiger partial charge in [-0.1, -0.05) is 20.8 Å².